The van der Waals surface area contributed by atoms with Crippen LogP contribution in [0.1, 0.15) is 24.6 Å². The molecule has 0 aliphatic carbocycles. The second-order valence-electron chi connectivity index (χ2n) is 8.42. The van der Waals surface area contributed by atoms with E-state index in [-0.39, 0.29) is 19.0 Å². The van der Waals surface area contributed by atoms with Crippen molar-refractivity contribution in [1.29, 1.82) is 0 Å². The molecule has 4 rings (SSSR count). The van der Waals surface area contributed by atoms with Crippen LogP contribution in [0.4, 0.5) is 0 Å². The van der Waals surface area contributed by atoms with E-state index in [0.29, 0.717) is 17.9 Å². The lowest BCUT2D eigenvalue weighted by molar-refractivity contribution is -0.129. The maximum absolute atomic E-state index is 13.5. The van der Waals surface area contributed by atoms with Crippen molar-refractivity contribution in [2.24, 2.45) is 0 Å². The van der Waals surface area contributed by atoms with Crippen molar-refractivity contribution < 1.29 is 4.79 Å². The first kappa shape index (κ1) is 23.8. The molecule has 4 aromatic rings. The maximum Gasteiger partial charge on any atom is 0.331 e. The largest absolute Gasteiger partial charge is 0.347 e. The Hall–Kier alpha value is -4.34. The zero-order chi connectivity index (χ0) is 24.9. The summed E-state index contributed by atoms with van der Waals surface area (Å²) in [6, 6.07) is 17.0. The molecular formula is C25H27N7O3. The molecular weight excluding hydrogens is 446 g/mol. The number of aromatic nitrogens is 6. The van der Waals surface area contributed by atoms with Gasteiger partial charge in [-0.15, -0.1) is 5.10 Å². The number of aryl methyl sites for hydroxylation is 1. The Kier molecular flexibility index (Phi) is 7.00. The number of nitrogens with one attached hydrogen (secondary N) is 1. The van der Waals surface area contributed by atoms with Crippen molar-refractivity contribution in [1.82, 2.24) is 34.7 Å². The SMILES string of the molecule is CCCc1cc(=O)n(CC(=O)N(C)C)c(=O)n1Cc1ccccc1-c1ccccc1-c1nnn[nH]1. The molecule has 0 aliphatic rings. The lowest BCUT2D eigenvalue weighted by Crippen LogP contribution is -2.44. The van der Waals surface area contributed by atoms with E-state index in [1.165, 1.54) is 11.0 Å². The van der Waals surface area contributed by atoms with E-state index in [0.717, 1.165) is 33.2 Å². The number of hydrogen-bond acceptors (Lipinski definition) is 6. The summed E-state index contributed by atoms with van der Waals surface area (Å²) < 4.78 is 2.59. The van der Waals surface area contributed by atoms with E-state index in [1.54, 1.807) is 18.7 Å². The Bertz CT molecular complexity index is 1450. The number of likely N-dealkylation sites (N-methyl/N-ethyl adjacent to an activating group) is 1. The molecule has 0 radical (unpaired) electrons. The Morgan fingerprint density at radius 1 is 0.971 bits per heavy atom. The predicted molar refractivity (Wildman–Crippen MR) is 132 cm³/mol. The van der Waals surface area contributed by atoms with Gasteiger partial charge in [0, 0.05) is 31.4 Å². The van der Waals surface area contributed by atoms with Gasteiger partial charge in [-0.2, -0.15) is 0 Å². The molecule has 0 saturated heterocycles. The Morgan fingerprint density at radius 2 is 1.66 bits per heavy atom. The molecule has 1 amide bonds. The average Bonchev–Trinajstić information content (AvgIpc) is 3.39. The van der Waals surface area contributed by atoms with Gasteiger partial charge in [-0.3, -0.25) is 18.7 Å². The van der Waals surface area contributed by atoms with Crippen LogP contribution >= 0.6 is 0 Å². The summed E-state index contributed by atoms with van der Waals surface area (Å²) in [6.07, 6.45) is 1.33. The average molecular weight is 474 g/mol. The smallest absolute Gasteiger partial charge is 0.331 e. The van der Waals surface area contributed by atoms with Gasteiger partial charge < -0.3 is 4.90 Å². The molecule has 0 atom stereocenters. The molecule has 0 unspecified atom stereocenters. The molecule has 180 valence electrons. The minimum absolute atomic E-state index is 0.240. The van der Waals surface area contributed by atoms with Gasteiger partial charge in [0.05, 0.1) is 6.54 Å². The zero-order valence-electron chi connectivity index (χ0n) is 19.9. The number of tetrazole rings is 1. The lowest BCUT2D eigenvalue weighted by Gasteiger charge is -2.18. The number of rotatable bonds is 8. The molecule has 10 heteroatoms. The molecule has 1 N–H and O–H groups in total. The highest BCUT2D eigenvalue weighted by Gasteiger charge is 2.18. The van der Waals surface area contributed by atoms with Gasteiger partial charge >= 0.3 is 5.69 Å². The van der Waals surface area contributed by atoms with Crippen LogP contribution in [0.2, 0.25) is 0 Å². The number of nitrogens with zero attached hydrogens (tertiary/aromatic N) is 6. The normalized spacial score (nSPS) is 10.9. The topological polar surface area (TPSA) is 119 Å². The number of carbonyl (C=O) groups is 1. The first-order valence-electron chi connectivity index (χ1n) is 11.4. The van der Waals surface area contributed by atoms with Gasteiger partial charge in [0.25, 0.3) is 5.56 Å². The van der Waals surface area contributed by atoms with Gasteiger partial charge in [0.15, 0.2) is 5.82 Å². The highest BCUT2D eigenvalue weighted by molar-refractivity contribution is 5.82. The van der Waals surface area contributed by atoms with Crippen LogP contribution in [0, 0.1) is 0 Å². The standard InChI is InChI=1S/C25H27N7O3/c1-4-9-18-14-22(33)32(16-23(34)30(2)3)25(35)31(18)15-17-10-5-6-11-19(17)20-12-7-8-13-21(20)24-26-28-29-27-24/h5-8,10-14H,4,9,15-16H2,1-3H3,(H,26,27,28,29). The Labute approximate surface area is 201 Å². The second-order valence-corrected chi connectivity index (χ2v) is 8.42. The maximum atomic E-state index is 13.5. The van der Waals surface area contributed by atoms with Crippen LogP contribution in [0.25, 0.3) is 22.5 Å². The fourth-order valence-electron chi connectivity index (χ4n) is 4.00. The molecule has 10 nitrogen and oxygen atoms in total. The molecule has 0 saturated carbocycles. The molecule has 0 aliphatic heterocycles. The van der Waals surface area contributed by atoms with Crippen LogP contribution in [-0.2, 0) is 24.3 Å². The number of amides is 1. The van der Waals surface area contributed by atoms with E-state index in [9.17, 15) is 14.4 Å². The third-order valence-corrected chi connectivity index (χ3v) is 5.83. The van der Waals surface area contributed by atoms with Crippen LogP contribution in [0.15, 0.2) is 64.2 Å². The van der Waals surface area contributed by atoms with Crippen molar-refractivity contribution in [3.8, 4) is 22.5 Å². The summed E-state index contributed by atoms with van der Waals surface area (Å²) in [7, 11) is 3.18. The van der Waals surface area contributed by atoms with Gasteiger partial charge in [-0.05, 0) is 33.5 Å². The minimum atomic E-state index is -0.501. The highest BCUT2D eigenvalue weighted by atomic mass is 16.2. The van der Waals surface area contributed by atoms with Crippen molar-refractivity contribution in [2.45, 2.75) is 32.9 Å². The van der Waals surface area contributed by atoms with Gasteiger partial charge in [-0.25, -0.2) is 9.89 Å². The molecule has 35 heavy (non-hydrogen) atoms. The van der Waals surface area contributed by atoms with E-state index >= 15 is 0 Å². The third-order valence-electron chi connectivity index (χ3n) is 5.83. The van der Waals surface area contributed by atoms with E-state index in [1.807, 2.05) is 55.5 Å². The highest BCUT2D eigenvalue weighted by Crippen LogP contribution is 2.32. The molecule has 0 bridgehead atoms. The summed E-state index contributed by atoms with van der Waals surface area (Å²) in [6.45, 7) is 1.93. The zero-order valence-corrected chi connectivity index (χ0v) is 19.9. The summed E-state index contributed by atoms with van der Waals surface area (Å²) >= 11 is 0. The van der Waals surface area contributed by atoms with Gasteiger partial charge in [0.2, 0.25) is 5.91 Å². The van der Waals surface area contributed by atoms with Crippen molar-refractivity contribution in [2.75, 3.05) is 14.1 Å². The predicted octanol–water partition coefficient (Wildman–Crippen LogP) is 1.95. The van der Waals surface area contributed by atoms with Gasteiger partial charge in [0.1, 0.15) is 6.54 Å². The minimum Gasteiger partial charge on any atom is -0.347 e. The first-order chi connectivity index (χ1) is 16.9. The molecule has 0 spiro atoms. The van der Waals surface area contributed by atoms with Crippen molar-refractivity contribution >= 4 is 5.91 Å². The quantitative estimate of drug-likeness (QED) is 0.418. The summed E-state index contributed by atoms with van der Waals surface area (Å²) in [4.78, 5) is 39.8. The van der Waals surface area contributed by atoms with Crippen molar-refractivity contribution in [3.63, 3.8) is 0 Å². The van der Waals surface area contributed by atoms with Crippen LogP contribution in [0.3, 0.4) is 0 Å². The second kappa shape index (κ2) is 10.3. The first-order valence-corrected chi connectivity index (χ1v) is 11.4. The number of H-pyrrole nitrogens is 1. The Morgan fingerprint density at radius 3 is 2.31 bits per heavy atom. The van der Waals surface area contributed by atoms with E-state index in [4.69, 9.17) is 0 Å². The molecule has 2 aromatic carbocycles. The fourth-order valence-corrected chi connectivity index (χ4v) is 4.00. The van der Waals surface area contributed by atoms with Crippen LogP contribution < -0.4 is 11.2 Å². The molecule has 2 heterocycles. The number of hydrogen-bond donors (Lipinski definition) is 1. The monoisotopic (exact) mass is 473 g/mol. The number of benzene rings is 2. The number of carbonyl (C=O) groups excluding carboxylic acids is 1. The Balaban J connectivity index is 1.84. The van der Waals surface area contributed by atoms with E-state index in [2.05, 4.69) is 20.6 Å². The fraction of sp³-hybridized carbons (Fsp3) is 0.280. The summed E-state index contributed by atoms with van der Waals surface area (Å²) in [5.41, 5.74) is 3.20. The summed E-state index contributed by atoms with van der Waals surface area (Å²) in [5.74, 6) is 0.212. The van der Waals surface area contributed by atoms with Crippen LogP contribution in [-0.4, -0.2) is 54.7 Å². The summed E-state index contributed by atoms with van der Waals surface area (Å²) in [5, 5.41) is 14.2. The number of aromatic amines is 1. The van der Waals surface area contributed by atoms with Crippen molar-refractivity contribution in [3.05, 3.63) is 86.7 Å². The molecule has 0 fully saturated rings. The van der Waals surface area contributed by atoms with Gasteiger partial charge in [-0.1, -0.05) is 61.9 Å². The lowest BCUT2D eigenvalue weighted by atomic mass is 9.95. The van der Waals surface area contributed by atoms with E-state index < -0.39 is 11.2 Å². The van der Waals surface area contributed by atoms with Crippen LogP contribution in [0.5, 0.6) is 0 Å². The molecule has 2 aromatic heterocycles. The third kappa shape index (κ3) is 4.96.